The lowest BCUT2D eigenvalue weighted by molar-refractivity contribution is -0.131. The fourth-order valence-corrected chi connectivity index (χ4v) is 2.21. The average Bonchev–Trinajstić information content (AvgIpc) is 2.18. The second kappa shape index (κ2) is 3.35. The lowest BCUT2D eigenvalue weighted by atomic mass is 9.94. The standard InChI is InChI=1S/C9H13N3O/c10-6-7-2-1-3-8-9(13)11-4-5-12(7)8/h7-8H,1-5H2,(H,11,13)/t7-,8-/m0/s1. The van der Waals surface area contributed by atoms with Crippen LogP contribution in [0.5, 0.6) is 0 Å². The Morgan fingerprint density at radius 1 is 1.54 bits per heavy atom. The molecule has 0 saturated carbocycles. The fourth-order valence-electron chi connectivity index (χ4n) is 2.21. The number of piperazine rings is 1. The highest BCUT2D eigenvalue weighted by Crippen LogP contribution is 2.23. The van der Waals surface area contributed by atoms with Crippen molar-refractivity contribution in [3.05, 3.63) is 0 Å². The number of fused-ring (bicyclic) bond motifs is 1. The molecule has 1 N–H and O–H groups in total. The summed E-state index contributed by atoms with van der Waals surface area (Å²) in [6, 6.07) is 2.20. The van der Waals surface area contributed by atoms with Crippen LogP contribution in [0.4, 0.5) is 0 Å². The van der Waals surface area contributed by atoms with Crippen LogP contribution in [0.1, 0.15) is 19.3 Å². The van der Waals surface area contributed by atoms with E-state index in [1.807, 2.05) is 4.90 Å². The van der Waals surface area contributed by atoms with Gasteiger partial charge in [-0.3, -0.25) is 9.69 Å². The second-order valence-corrected chi connectivity index (χ2v) is 3.62. The molecule has 2 aliphatic rings. The van der Waals surface area contributed by atoms with E-state index < -0.39 is 0 Å². The third kappa shape index (κ3) is 1.40. The van der Waals surface area contributed by atoms with E-state index in [2.05, 4.69) is 11.4 Å². The molecule has 0 unspecified atom stereocenters. The Balaban J connectivity index is 2.14. The van der Waals surface area contributed by atoms with Crippen LogP contribution in [0.2, 0.25) is 0 Å². The van der Waals surface area contributed by atoms with Crippen LogP contribution in [0, 0.1) is 11.3 Å². The molecule has 2 saturated heterocycles. The number of nitrogens with one attached hydrogen (secondary N) is 1. The molecule has 0 radical (unpaired) electrons. The van der Waals surface area contributed by atoms with E-state index in [0.29, 0.717) is 6.54 Å². The normalized spacial score (nSPS) is 34.5. The van der Waals surface area contributed by atoms with Crippen molar-refractivity contribution in [1.29, 1.82) is 5.26 Å². The predicted octanol–water partition coefficient (Wildman–Crippen LogP) is -0.137. The van der Waals surface area contributed by atoms with Crippen molar-refractivity contribution in [3.8, 4) is 6.07 Å². The molecule has 2 rings (SSSR count). The first-order valence-corrected chi connectivity index (χ1v) is 4.76. The largest absolute Gasteiger partial charge is 0.353 e. The van der Waals surface area contributed by atoms with E-state index in [4.69, 9.17) is 5.26 Å². The van der Waals surface area contributed by atoms with Crippen LogP contribution in [-0.2, 0) is 4.79 Å². The number of amides is 1. The lowest BCUT2D eigenvalue weighted by Gasteiger charge is -2.41. The Labute approximate surface area is 77.5 Å². The van der Waals surface area contributed by atoms with E-state index in [-0.39, 0.29) is 18.0 Å². The summed E-state index contributed by atoms with van der Waals surface area (Å²) in [5, 5.41) is 11.7. The maximum Gasteiger partial charge on any atom is 0.237 e. The summed E-state index contributed by atoms with van der Waals surface area (Å²) < 4.78 is 0. The third-order valence-corrected chi connectivity index (χ3v) is 2.88. The summed E-state index contributed by atoms with van der Waals surface area (Å²) >= 11 is 0. The van der Waals surface area contributed by atoms with Crippen LogP contribution in [0.15, 0.2) is 0 Å². The van der Waals surface area contributed by atoms with Crippen molar-refractivity contribution >= 4 is 5.91 Å². The van der Waals surface area contributed by atoms with Crippen LogP contribution in [0.3, 0.4) is 0 Å². The van der Waals surface area contributed by atoms with Gasteiger partial charge in [-0.25, -0.2) is 0 Å². The van der Waals surface area contributed by atoms with Gasteiger partial charge in [0.15, 0.2) is 0 Å². The van der Waals surface area contributed by atoms with Crippen molar-refractivity contribution in [3.63, 3.8) is 0 Å². The quantitative estimate of drug-likeness (QED) is 0.563. The van der Waals surface area contributed by atoms with Gasteiger partial charge in [0.05, 0.1) is 18.2 Å². The molecule has 2 fully saturated rings. The maximum atomic E-state index is 11.4. The molecular formula is C9H13N3O. The van der Waals surface area contributed by atoms with Gasteiger partial charge in [0.2, 0.25) is 5.91 Å². The van der Waals surface area contributed by atoms with Gasteiger partial charge in [0.25, 0.3) is 0 Å². The van der Waals surface area contributed by atoms with Gasteiger partial charge >= 0.3 is 0 Å². The van der Waals surface area contributed by atoms with Gasteiger partial charge in [-0.1, -0.05) is 0 Å². The van der Waals surface area contributed by atoms with Crippen molar-refractivity contribution in [2.75, 3.05) is 13.1 Å². The van der Waals surface area contributed by atoms with E-state index in [9.17, 15) is 4.79 Å². The van der Waals surface area contributed by atoms with Gasteiger partial charge in [0.1, 0.15) is 0 Å². The topological polar surface area (TPSA) is 56.1 Å². The number of nitriles is 1. The van der Waals surface area contributed by atoms with E-state index in [1.54, 1.807) is 0 Å². The molecule has 2 atom stereocenters. The fraction of sp³-hybridized carbons (Fsp3) is 0.778. The maximum absolute atomic E-state index is 11.4. The SMILES string of the molecule is N#C[C@@H]1CCC[C@H]2C(=O)NCCN12. The Morgan fingerprint density at radius 2 is 2.38 bits per heavy atom. The van der Waals surface area contributed by atoms with Gasteiger partial charge in [-0.2, -0.15) is 5.26 Å². The molecule has 0 aromatic rings. The first-order valence-electron chi connectivity index (χ1n) is 4.76. The van der Waals surface area contributed by atoms with Crippen LogP contribution < -0.4 is 5.32 Å². The summed E-state index contributed by atoms with van der Waals surface area (Å²) in [6.45, 7) is 1.52. The molecule has 4 nitrogen and oxygen atoms in total. The molecule has 4 heteroatoms. The minimum Gasteiger partial charge on any atom is -0.353 e. The average molecular weight is 179 g/mol. The minimum absolute atomic E-state index is 0.0350. The molecule has 70 valence electrons. The van der Waals surface area contributed by atoms with Crippen molar-refractivity contribution in [2.45, 2.75) is 31.3 Å². The summed E-state index contributed by atoms with van der Waals surface area (Å²) in [5.74, 6) is 0.103. The number of carbonyl (C=O) groups excluding carboxylic acids is 1. The molecule has 13 heavy (non-hydrogen) atoms. The predicted molar refractivity (Wildman–Crippen MR) is 46.8 cm³/mol. The highest BCUT2D eigenvalue weighted by Gasteiger charge is 2.36. The Bertz CT molecular complexity index is 258. The summed E-state index contributed by atoms with van der Waals surface area (Å²) in [7, 11) is 0. The highest BCUT2D eigenvalue weighted by atomic mass is 16.2. The zero-order valence-corrected chi connectivity index (χ0v) is 7.49. The van der Waals surface area contributed by atoms with Crippen molar-refractivity contribution < 1.29 is 4.79 Å². The number of carbonyl (C=O) groups is 1. The zero-order valence-electron chi connectivity index (χ0n) is 7.49. The number of hydrogen-bond donors (Lipinski definition) is 1. The Morgan fingerprint density at radius 3 is 3.15 bits per heavy atom. The van der Waals surface area contributed by atoms with Crippen molar-refractivity contribution in [1.82, 2.24) is 10.2 Å². The molecule has 0 spiro atoms. The molecular weight excluding hydrogens is 166 g/mol. The summed E-state index contributed by atoms with van der Waals surface area (Å²) in [6.07, 6.45) is 2.82. The van der Waals surface area contributed by atoms with Crippen LogP contribution in [0.25, 0.3) is 0 Å². The third-order valence-electron chi connectivity index (χ3n) is 2.88. The summed E-state index contributed by atoms with van der Waals surface area (Å²) in [5.41, 5.74) is 0. The number of piperidine rings is 1. The Kier molecular flexibility index (Phi) is 2.19. The number of rotatable bonds is 0. The number of hydrogen-bond acceptors (Lipinski definition) is 3. The molecule has 2 heterocycles. The Hall–Kier alpha value is -1.08. The molecule has 2 aliphatic heterocycles. The molecule has 0 bridgehead atoms. The van der Waals surface area contributed by atoms with Gasteiger partial charge in [0, 0.05) is 13.1 Å². The minimum atomic E-state index is -0.0372. The molecule has 0 aromatic carbocycles. The number of nitrogens with zero attached hydrogens (tertiary/aromatic N) is 2. The zero-order chi connectivity index (χ0) is 9.26. The van der Waals surface area contributed by atoms with E-state index >= 15 is 0 Å². The lowest BCUT2D eigenvalue weighted by Crippen LogP contribution is -2.59. The smallest absolute Gasteiger partial charge is 0.237 e. The van der Waals surface area contributed by atoms with Gasteiger partial charge in [-0.15, -0.1) is 0 Å². The first kappa shape index (κ1) is 8.52. The second-order valence-electron chi connectivity index (χ2n) is 3.62. The summed E-state index contributed by atoms with van der Waals surface area (Å²) in [4.78, 5) is 13.5. The van der Waals surface area contributed by atoms with Gasteiger partial charge < -0.3 is 5.32 Å². The first-order chi connectivity index (χ1) is 6.33. The van der Waals surface area contributed by atoms with Crippen LogP contribution in [-0.4, -0.2) is 36.0 Å². The van der Waals surface area contributed by atoms with Gasteiger partial charge in [-0.05, 0) is 19.3 Å². The molecule has 0 aromatic heterocycles. The van der Waals surface area contributed by atoms with Crippen LogP contribution >= 0.6 is 0 Å². The molecule has 0 aliphatic carbocycles. The molecule has 1 amide bonds. The highest BCUT2D eigenvalue weighted by molar-refractivity contribution is 5.82. The van der Waals surface area contributed by atoms with E-state index in [0.717, 1.165) is 25.8 Å². The van der Waals surface area contributed by atoms with Crippen molar-refractivity contribution in [2.24, 2.45) is 0 Å². The monoisotopic (exact) mass is 179 g/mol. The van der Waals surface area contributed by atoms with E-state index in [1.165, 1.54) is 0 Å².